The van der Waals surface area contributed by atoms with Gasteiger partial charge < -0.3 is 14.8 Å². The normalized spacial score (nSPS) is 24.0. The van der Waals surface area contributed by atoms with Crippen molar-refractivity contribution >= 4 is 0 Å². The summed E-state index contributed by atoms with van der Waals surface area (Å²) in [6.45, 7) is 4.92. The second-order valence-electron chi connectivity index (χ2n) is 4.02. The predicted octanol–water partition coefficient (Wildman–Crippen LogP) is 1.57. The lowest BCUT2D eigenvalue weighted by atomic mass is 10.2. The Bertz CT molecular complexity index is 135. The molecule has 0 saturated carbocycles. The van der Waals surface area contributed by atoms with Gasteiger partial charge in [-0.1, -0.05) is 0 Å². The lowest BCUT2D eigenvalue weighted by molar-refractivity contribution is -0.0168. The summed E-state index contributed by atoms with van der Waals surface area (Å²) in [6, 6.07) is 0. The number of nitrogens with one attached hydrogen (secondary N) is 1. The summed E-state index contributed by atoms with van der Waals surface area (Å²) in [5.74, 6) is 0. The Morgan fingerprint density at radius 2 is 2.43 bits per heavy atom. The summed E-state index contributed by atoms with van der Waals surface area (Å²) in [4.78, 5) is 0. The molecule has 3 heteroatoms. The Labute approximate surface area is 87.2 Å². The summed E-state index contributed by atoms with van der Waals surface area (Å²) in [5.41, 5.74) is 0. The molecule has 1 N–H and O–H groups in total. The van der Waals surface area contributed by atoms with Gasteiger partial charge in [-0.05, 0) is 46.2 Å². The van der Waals surface area contributed by atoms with Gasteiger partial charge in [-0.3, -0.25) is 0 Å². The van der Waals surface area contributed by atoms with Crippen molar-refractivity contribution in [2.24, 2.45) is 0 Å². The first-order chi connectivity index (χ1) is 6.83. The number of hydrogen-bond acceptors (Lipinski definition) is 3. The Morgan fingerprint density at radius 1 is 1.57 bits per heavy atom. The van der Waals surface area contributed by atoms with E-state index in [9.17, 15) is 0 Å². The van der Waals surface area contributed by atoms with Crippen molar-refractivity contribution in [1.82, 2.24) is 5.32 Å². The monoisotopic (exact) mass is 201 g/mol. The average Bonchev–Trinajstić information content (AvgIpc) is 2.68. The smallest absolute Gasteiger partial charge is 0.0809 e. The lowest BCUT2D eigenvalue weighted by Gasteiger charge is -2.15. The van der Waals surface area contributed by atoms with E-state index in [0.717, 1.165) is 26.2 Å². The lowest BCUT2D eigenvalue weighted by Crippen LogP contribution is -2.20. The van der Waals surface area contributed by atoms with Crippen molar-refractivity contribution in [2.75, 3.05) is 26.8 Å². The van der Waals surface area contributed by atoms with Crippen LogP contribution >= 0.6 is 0 Å². The molecule has 1 aliphatic heterocycles. The van der Waals surface area contributed by atoms with Crippen LogP contribution in [-0.2, 0) is 9.47 Å². The predicted molar refractivity (Wildman–Crippen MR) is 57.5 cm³/mol. The molecule has 1 fully saturated rings. The van der Waals surface area contributed by atoms with Crippen molar-refractivity contribution in [3.63, 3.8) is 0 Å². The first-order valence-corrected chi connectivity index (χ1v) is 5.70. The molecule has 0 spiro atoms. The fourth-order valence-corrected chi connectivity index (χ4v) is 1.70. The summed E-state index contributed by atoms with van der Waals surface area (Å²) < 4.78 is 11.2. The van der Waals surface area contributed by atoms with E-state index in [0.29, 0.717) is 12.2 Å². The molecule has 2 atom stereocenters. The summed E-state index contributed by atoms with van der Waals surface area (Å²) in [5, 5.41) is 3.14. The molecule has 1 aliphatic rings. The minimum absolute atomic E-state index is 0.363. The maximum Gasteiger partial charge on any atom is 0.0809 e. The molecule has 0 aliphatic carbocycles. The molecule has 0 amide bonds. The number of rotatable bonds is 7. The van der Waals surface area contributed by atoms with Gasteiger partial charge in [0.2, 0.25) is 0 Å². The van der Waals surface area contributed by atoms with Crippen LogP contribution in [0.25, 0.3) is 0 Å². The fourth-order valence-electron chi connectivity index (χ4n) is 1.70. The van der Waals surface area contributed by atoms with Crippen molar-refractivity contribution in [2.45, 2.75) is 44.8 Å². The van der Waals surface area contributed by atoms with E-state index >= 15 is 0 Å². The van der Waals surface area contributed by atoms with Gasteiger partial charge in [0.25, 0.3) is 0 Å². The molecule has 2 unspecified atom stereocenters. The highest BCUT2D eigenvalue weighted by Gasteiger charge is 2.16. The van der Waals surface area contributed by atoms with Crippen LogP contribution in [0.3, 0.4) is 0 Å². The molecule has 0 bridgehead atoms. The molecule has 84 valence electrons. The zero-order valence-electron chi connectivity index (χ0n) is 9.42. The topological polar surface area (TPSA) is 30.5 Å². The Balaban J connectivity index is 1.93. The zero-order valence-corrected chi connectivity index (χ0v) is 9.42. The SMILES string of the molecule is CNCCCC(C)OCC1CCCO1. The summed E-state index contributed by atoms with van der Waals surface area (Å²) >= 11 is 0. The molecule has 1 rings (SSSR count). The van der Waals surface area contributed by atoms with Crippen molar-refractivity contribution < 1.29 is 9.47 Å². The van der Waals surface area contributed by atoms with Crippen LogP contribution in [0.5, 0.6) is 0 Å². The Hall–Kier alpha value is -0.120. The first kappa shape index (κ1) is 12.0. The highest BCUT2D eigenvalue weighted by atomic mass is 16.5. The van der Waals surface area contributed by atoms with Gasteiger partial charge in [0.1, 0.15) is 0 Å². The molecule has 1 heterocycles. The maximum absolute atomic E-state index is 5.72. The van der Waals surface area contributed by atoms with Gasteiger partial charge in [-0.15, -0.1) is 0 Å². The third-order valence-corrected chi connectivity index (χ3v) is 2.63. The van der Waals surface area contributed by atoms with E-state index in [-0.39, 0.29) is 0 Å². The maximum atomic E-state index is 5.72. The molecule has 1 saturated heterocycles. The van der Waals surface area contributed by atoms with E-state index in [1.807, 2.05) is 7.05 Å². The van der Waals surface area contributed by atoms with Crippen molar-refractivity contribution in [1.29, 1.82) is 0 Å². The van der Waals surface area contributed by atoms with Gasteiger partial charge in [0.15, 0.2) is 0 Å². The Kier molecular flexibility index (Phi) is 6.15. The van der Waals surface area contributed by atoms with Crippen LogP contribution in [0.2, 0.25) is 0 Å². The van der Waals surface area contributed by atoms with E-state index < -0.39 is 0 Å². The Morgan fingerprint density at radius 3 is 3.07 bits per heavy atom. The quantitative estimate of drug-likeness (QED) is 0.634. The summed E-state index contributed by atoms with van der Waals surface area (Å²) in [7, 11) is 1.98. The van der Waals surface area contributed by atoms with Gasteiger partial charge >= 0.3 is 0 Å². The van der Waals surface area contributed by atoms with E-state index in [4.69, 9.17) is 9.47 Å². The van der Waals surface area contributed by atoms with Crippen LogP contribution < -0.4 is 5.32 Å². The second kappa shape index (κ2) is 7.21. The summed E-state index contributed by atoms with van der Waals surface area (Å²) in [6.07, 6.45) is 5.41. The standard InChI is InChI=1S/C11H23NO2/c1-10(5-3-7-12-2)14-9-11-6-4-8-13-11/h10-12H,3-9H2,1-2H3. The van der Waals surface area contributed by atoms with Gasteiger partial charge in [-0.2, -0.15) is 0 Å². The molecular weight excluding hydrogens is 178 g/mol. The van der Waals surface area contributed by atoms with Crippen LogP contribution in [0.1, 0.15) is 32.6 Å². The third kappa shape index (κ3) is 4.94. The zero-order chi connectivity index (χ0) is 10.2. The van der Waals surface area contributed by atoms with Crippen LogP contribution in [0.15, 0.2) is 0 Å². The van der Waals surface area contributed by atoms with Crippen molar-refractivity contribution in [3.05, 3.63) is 0 Å². The highest BCUT2D eigenvalue weighted by molar-refractivity contribution is 4.64. The van der Waals surface area contributed by atoms with Gasteiger partial charge in [0, 0.05) is 6.61 Å². The molecule has 0 aromatic carbocycles. The largest absolute Gasteiger partial charge is 0.376 e. The van der Waals surface area contributed by atoms with Crippen LogP contribution in [0, 0.1) is 0 Å². The molecule has 14 heavy (non-hydrogen) atoms. The first-order valence-electron chi connectivity index (χ1n) is 5.70. The van der Waals surface area contributed by atoms with Crippen molar-refractivity contribution in [3.8, 4) is 0 Å². The van der Waals surface area contributed by atoms with Crippen LogP contribution in [-0.4, -0.2) is 39.0 Å². The third-order valence-electron chi connectivity index (χ3n) is 2.63. The minimum atomic E-state index is 0.363. The highest BCUT2D eigenvalue weighted by Crippen LogP contribution is 2.13. The van der Waals surface area contributed by atoms with Crippen LogP contribution in [0.4, 0.5) is 0 Å². The number of hydrogen-bond donors (Lipinski definition) is 1. The van der Waals surface area contributed by atoms with E-state index in [1.54, 1.807) is 0 Å². The molecular formula is C11H23NO2. The fraction of sp³-hybridized carbons (Fsp3) is 1.00. The molecule has 0 radical (unpaired) electrons. The van der Waals surface area contributed by atoms with E-state index in [1.165, 1.54) is 19.3 Å². The second-order valence-corrected chi connectivity index (χ2v) is 4.02. The molecule has 0 aromatic heterocycles. The molecule has 0 aromatic rings. The molecule has 3 nitrogen and oxygen atoms in total. The van der Waals surface area contributed by atoms with Gasteiger partial charge in [-0.25, -0.2) is 0 Å². The van der Waals surface area contributed by atoms with E-state index in [2.05, 4.69) is 12.2 Å². The minimum Gasteiger partial charge on any atom is -0.376 e. The average molecular weight is 201 g/mol. The van der Waals surface area contributed by atoms with Gasteiger partial charge in [0.05, 0.1) is 18.8 Å². The number of ether oxygens (including phenoxy) is 2.